The number of benzene rings is 2. The number of aryl methyl sites for hydroxylation is 2. The van der Waals surface area contributed by atoms with Crippen molar-refractivity contribution in [2.75, 3.05) is 0 Å². The summed E-state index contributed by atoms with van der Waals surface area (Å²) in [5, 5.41) is 10.3. The second-order valence-electron chi connectivity index (χ2n) is 7.04. The van der Waals surface area contributed by atoms with E-state index in [1.54, 1.807) is 0 Å². The molecular weight excluding hydrogens is 350 g/mol. The highest BCUT2D eigenvalue weighted by Crippen LogP contribution is 2.20. The zero-order valence-corrected chi connectivity index (χ0v) is 16.0. The quantitative estimate of drug-likeness (QED) is 0.483. The van der Waals surface area contributed by atoms with Crippen molar-refractivity contribution in [3.63, 3.8) is 0 Å². The molecule has 28 heavy (non-hydrogen) atoms. The molecule has 2 heterocycles. The number of hydrogen-bond acceptors (Lipinski definition) is 3. The van der Waals surface area contributed by atoms with Crippen LogP contribution in [0.4, 0.5) is 0 Å². The van der Waals surface area contributed by atoms with E-state index in [2.05, 4.69) is 32.6 Å². The number of aromatic amines is 2. The zero-order valence-electron chi connectivity index (χ0n) is 16.0. The normalized spacial score (nSPS) is 12.2. The molecular formula is C22H23N5O. The number of aromatic nitrogens is 4. The lowest BCUT2D eigenvalue weighted by atomic mass is 10.0. The molecule has 0 saturated carbocycles. The molecule has 0 saturated heterocycles. The molecule has 4 aromatic rings. The molecule has 0 aliphatic rings. The molecule has 1 unspecified atom stereocenters. The molecule has 0 bridgehead atoms. The van der Waals surface area contributed by atoms with E-state index in [0.717, 1.165) is 39.4 Å². The molecule has 2 aromatic carbocycles. The van der Waals surface area contributed by atoms with Gasteiger partial charge in [0.05, 0.1) is 29.2 Å². The maximum Gasteiger partial charge on any atom is 0.225 e. The maximum atomic E-state index is 12.8. The van der Waals surface area contributed by atoms with E-state index in [4.69, 9.17) is 4.98 Å². The number of fused-ring (bicyclic) bond motifs is 1. The van der Waals surface area contributed by atoms with Crippen LogP contribution in [-0.2, 0) is 17.6 Å². The summed E-state index contributed by atoms with van der Waals surface area (Å²) in [6.45, 7) is 3.84. The van der Waals surface area contributed by atoms with Gasteiger partial charge in [-0.25, -0.2) is 4.98 Å². The minimum absolute atomic E-state index is 0.0472. The van der Waals surface area contributed by atoms with E-state index in [9.17, 15) is 4.79 Å². The van der Waals surface area contributed by atoms with Crippen LogP contribution >= 0.6 is 0 Å². The Balaban J connectivity index is 1.59. The number of para-hydroxylation sites is 2. The molecule has 1 atom stereocenters. The molecule has 142 valence electrons. The average molecular weight is 373 g/mol. The predicted octanol–water partition coefficient (Wildman–Crippen LogP) is 3.55. The van der Waals surface area contributed by atoms with Crippen LogP contribution in [0.25, 0.3) is 11.0 Å². The summed E-state index contributed by atoms with van der Waals surface area (Å²) in [5.41, 5.74) is 5.73. The third kappa shape index (κ3) is 3.81. The lowest BCUT2D eigenvalue weighted by Gasteiger charge is -2.17. The summed E-state index contributed by atoms with van der Waals surface area (Å²) in [6.07, 6.45) is 0.954. The van der Waals surface area contributed by atoms with Gasteiger partial charge in [0.15, 0.2) is 0 Å². The lowest BCUT2D eigenvalue weighted by Crippen LogP contribution is -2.32. The van der Waals surface area contributed by atoms with Gasteiger partial charge in [0.25, 0.3) is 0 Å². The van der Waals surface area contributed by atoms with Gasteiger partial charge in [-0.3, -0.25) is 9.89 Å². The van der Waals surface area contributed by atoms with Crippen molar-refractivity contribution < 1.29 is 4.79 Å². The Kier molecular flexibility index (Phi) is 4.93. The minimum atomic E-state index is -0.241. The molecule has 0 aliphatic carbocycles. The van der Waals surface area contributed by atoms with E-state index in [0.29, 0.717) is 12.8 Å². The summed E-state index contributed by atoms with van der Waals surface area (Å²) >= 11 is 0. The van der Waals surface area contributed by atoms with Gasteiger partial charge in [0.1, 0.15) is 5.82 Å². The second kappa shape index (κ2) is 7.68. The third-order valence-corrected chi connectivity index (χ3v) is 4.97. The van der Waals surface area contributed by atoms with Crippen molar-refractivity contribution in [1.82, 2.24) is 25.5 Å². The number of amides is 1. The molecule has 0 fully saturated rings. The largest absolute Gasteiger partial charge is 0.346 e. The fraction of sp³-hybridized carbons (Fsp3) is 0.227. The van der Waals surface area contributed by atoms with Gasteiger partial charge in [0.2, 0.25) is 5.91 Å². The zero-order chi connectivity index (χ0) is 19.5. The van der Waals surface area contributed by atoms with Gasteiger partial charge in [0, 0.05) is 11.3 Å². The fourth-order valence-corrected chi connectivity index (χ4v) is 3.44. The van der Waals surface area contributed by atoms with E-state index in [1.165, 1.54) is 0 Å². The SMILES string of the molecule is Cc1n[nH]c(C)c1CC(=O)NC(Cc1ccccc1)c1nc2ccccc2[nH]1. The molecule has 0 spiro atoms. The standard InChI is InChI=1S/C22H23N5O/c1-14-17(15(2)27-26-14)13-21(28)23-20(12-16-8-4-3-5-9-16)22-24-18-10-6-7-11-19(18)25-22/h3-11,20H,12-13H2,1-2H3,(H,23,28)(H,24,25)(H,26,27). The molecule has 6 nitrogen and oxygen atoms in total. The summed E-state index contributed by atoms with van der Waals surface area (Å²) in [6, 6.07) is 17.8. The van der Waals surface area contributed by atoms with Crippen LogP contribution in [0.3, 0.4) is 0 Å². The van der Waals surface area contributed by atoms with Crippen LogP contribution in [0.2, 0.25) is 0 Å². The molecule has 6 heteroatoms. The molecule has 2 aromatic heterocycles. The number of carbonyl (C=O) groups excluding carboxylic acids is 1. The topological polar surface area (TPSA) is 86.5 Å². The van der Waals surface area contributed by atoms with Gasteiger partial charge in [-0.05, 0) is 38.0 Å². The van der Waals surface area contributed by atoms with Crippen molar-refractivity contribution >= 4 is 16.9 Å². The number of hydrogen-bond donors (Lipinski definition) is 3. The highest BCUT2D eigenvalue weighted by molar-refractivity contribution is 5.80. The fourth-order valence-electron chi connectivity index (χ4n) is 3.44. The van der Waals surface area contributed by atoms with Crippen LogP contribution in [0.5, 0.6) is 0 Å². The van der Waals surface area contributed by atoms with Crippen LogP contribution in [-0.4, -0.2) is 26.1 Å². The Morgan fingerprint density at radius 3 is 2.54 bits per heavy atom. The third-order valence-electron chi connectivity index (χ3n) is 4.97. The number of nitrogens with one attached hydrogen (secondary N) is 3. The van der Waals surface area contributed by atoms with Gasteiger partial charge in [-0.1, -0.05) is 42.5 Å². The van der Waals surface area contributed by atoms with Gasteiger partial charge in [-0.2, -0.15) is 5.10 Å². The van der Waals surface area contributed by atoms with E-state index < -0.39 is 0 Å². The Morgan fingerprint density at radius 1 is 1.07 bits per heavy atom. The Hall–Kier alpha value is -3.41. The first-order valence-corrected chi connectivity index (χ1v) is 9.38. The highest BCUT2D eigenvalue weighted by Gasteiger charge is 2.20. The predicted molar refractivity (Wildman–Crippen MR) is 109 cm³/mol. The number of H-pyrrole nitrogens is 2. The van der Waals surface area contributed by atoms with Crippen molar-refractivity contribution in [3.05, 3.63) is 82.9 Å². The molecule has 4 rings (SSSR count). The summed E-state index contributed by atoms with van der Waals surface area (Å²) < 4.78 is 0. The maximum absolute atomic E-state index is 12.8. The molecule has 1 amide bonds. The van der Waals surface area contributed by atoms with E-state index in [-0.39, 0.29) is 11.9 Å². The van der Waals surface area contributed by atoms with Crippen LogP contribution in [0, 0.1) is 13.8 Å². The number of imidazole rings is 1. The molecule has 3 N–H and O–H groups in total. The van der Waals surface area contributed by atoms with Crippen molar-refractivity contribution in [2.45, 2.75) is 32.7 Å². The van der Waals surface area contributed by atoms with Crippen molar-refractivity contribution in [1.29, 1.82) is 0 Å². The second-order valence-corrected chi connectivity index (χ2v) is 7.04. The van der Waals surface area contributed by atoms with E-state index >= 15 is 0 Å². The average Bonchev–Trinajstić information content (AvgIpc) is 3.27. The van der Waals surface area contributed by atoms with Crippen molar-refractivity contribution in [3.8, 4) is 0 Å². The van der Waals surface area contributed by atoms with Crippen molar-refractivity contribution in [2.24, 2.45) is 0 Å². The minimum Gasteiger partial charge on any atom is -0.346 e. The summed E-state index contributed by atoms with van der Waals surface area (Å²) in [4.78, 5) is 20.9. The number of carbonyl (C=O) groups is 1. The Labute approximate surface area is 163 Å². The van der Waals surface area contributed by atoms with Gasteiger partial charge >= 0.3 is 0 Å². The lowest BCUT2D eigenvalue weighted by molar-refractivity contribution is -0.121. The van der Waals surface area contributed by atoms with Crippen LogP contribution in [0.1, 0.15) is 34.4 Å². The smallest absolute Gasteiger partial charge is 0.225 e. The first kappa shape index (κ1) is 18.0. The first-order valence-electron chi connectivity index (χ1n) is 9.38. The number of rotatable bonds is 6. The van der Waals surface area contributed by atoms with Gasteiger partial charge in [-0.15, -0.1) is 0 Å². The summed E-state index contributed by atoms with van der Waals surface area (Å²) in [7, 11) is 0. The highest BCUT2D eigenvalue weighted by atomic mass is 16.1. The Bertz CT molecular complexity index is 1040. The number of nitrogens with zero attached hydrogens (tertiary/aromatic N) is 2. The monoisotopic (exact) mass is 373 g/mol. The summed E-state index contributed by atoms with van der Waals surface area (Å²) in [5.74, 6) is 0.716. The van der Waals surface area contributed by atoms with E-state index in [1.807, 2.05) is 56.3 Å². The first-order chi connectivity index (χ1) is 13.6. The van der Waals surface area contributed by atoms with Crippen LogP contribution in [0.15, 0.2) is 54.6 Å². The van der Waals surface area contributed by atoms with Gasteiger partial charge < -0.3 is 10.3 Å². The molecule has 0 aliphatic heterocycles. The molecule has 0 radical (unpaired) electrons. The van der Waals surface area contributed by atoms with Crippen LogP contribution < -0.4 is 5.32 Å². The Morgan fingerprint density at radius 2 is 1.82 bits per heavy atom.